The van der Waals surface area contributed by atoms with E-state index in [0.717, 1.165) is 139 Å². The molecule has 6 aliphatic rings. The van der Waals surface area contributed by atoms with E-state index in [1.807, 2.05) is 32.3 Å². The van der Waals surface area contributed by atoms with E-state index >= 15 is 0 Å². The third-order valence-electron chi connectivity index (χ3n) is 16.0. The predicted molar refractivity (Wildman–Crippen MR) is 276 cm³/mol. The number of rotatable bonds is 8. The van der Waals surface area contributed by atoms with E-state index in [4.69, 9.17) is 34.3 Å². The lowest BCUT2D eigenvalue weighted by molar-refractivity contribution is 0.133. The molecule has 0 bridgehead atoms. The van der Waals surface area contributed by atoms with Crippen molar-refractivity contribution in [3.63, 3.8) is 0 Å². The fourth-order valence-electron chi connectivity index (χ4n) is 11.3. The molecule has 4 fully saturated rings. The lowest BCUT2D eigenvalue weighted by Gasteiger charge is -2.39. The summed E-state index contributed by atoms with van der Waals surface area (Å²) in [7, 11) is 2.47. The van der Waals surface area contributed by atoms with E-state index in [1.54, 1.807) is 0 Å². The van der Waals surface area contributed by atoms with Crippen LogP contribution in [0.15, 0.2) is 48.8 Å². The number of nitrogens with zero attached hydrogens (tertiary/aromatic N) is 12. The number of aliphatic hydroxyl groups excluding tert-OH is 1. The molecule has 4 aromatic heterocycles. The van der Waals surface area contributed by atoms with Crippen LogP contribution in [0.5, 0.6) is 0 Å². The number of aromatic nitrogens is 6. The molecule has 0 spiro atoms. The van der Waals surface area contributed by atoms with Gasteiger partial charge < -0.3 is 29.1 Å². The maximum Gasteiger partial charge on any atom is 0.192 e. The molecule has 68 heavy (non-hydrogen) atoms. The van der Waals surface area contributed by atoms with E-state index in [1.165, 1.54) is 28.9 Å². The van der Waals surface area contributed by atoms with E-state index in [0.29, 0.717) is 12.6 Å². The van der Waals surface area contributed by atoms with E-state index in [9.17, 15) is 5.11 Å². The minimum absolute atomic E-state index is 0. The number of β-amino-alcohol motifs (C(OH)–C–C–N with tert-alkyl or cyclic N) is 1. The molecule has 6 atom stereocenters. The first-order chi connectivity index (χ1) is 32.1. The Morgan fingerprint density at radius 1 is 0.632 bits per heavy atom. The van der Waals surface area contributed by atoms with Crippen LogP contribution in [0.2, 0.25) is 18.1 Å². The number of fused-ring (bicyclic) bond motifs is 2. The number of halogens is 1. The molecule has 370 valence electrons. The molecule has 0 unspecified atom stereocenters. The molecule has 4 saturated heterocycles. The highest BCUT2D eigenvalue weighted by atomic mass is 35.5. The smallest absolute Gasteiger partial charge is 0.192 e. The van der Waals surface area contributed by atoms with E-state index in [-0.39, 0.29) is 47.8 Å². The summed E-state index contributed by atoms with van der Waals surface area (Å²) in [5.41, 5.74) is 7.39. The standard InChI is InChI=1S/C29H46N6OSi.C23H32N6O.ClH/c1-21-31-24(19-27(32-21)34-16-14-33(5)15-17-34)26-18-23(36-37(6,7)29(2,3)4)20-35(26)25-12-8-10-22-11-9-13-30-28(22)25;1-16-25-19(14-22(26-16)28-11-9-27(2)10-12-28)21-13-18(30)15-29(21)20-7-3-5-17-6-4-8-24-23(17)20;/h9,11,13,19,23,25-26H,8,10,12,14-18,20H2,1-7H3;4,6,8,14,18,20-21,30H,3,5,7,9-13,15H2,1-2H3;1H/t23-,25+,26-;18-,20+,21-;/m11./s1. The molecular formula is C52H79ClN12O2Si. The minimum atomic E-state index is -1.89. The first-order valence-corrected chi connectivity index (χ1v) is 28.3. The van der Waals surface area contributed by atoms with Crippen molar-refractivity contribution in [2.45, 2.75) is 140 Å². The van der Waals surface area contributed by atoms with Gasteiger partial charge in [0.2, 0.25) is 0 Å². The summed E-state index contributed by atoms with van der Waals surface area (Å²) in [4.78, 5) is 43.8. The van der Waals surface area contributed by atoms with Gasteiger partial charge in [-0.25, -0.2) is 19.9 Å². The maximum absolute atomic E-state index is 10.6. The van der Waals surface area contributed by atoms with Crippen LogP contribution >= 0.6 is 12.4 Å². The fraction of sp³-hybridized carbons (Fsp3) is 0.654. The van der Waals surface area contributed by atoms with Gasteiger partial charge in [0.1, 0.15) is 23.3 Å². The Kier molecular flexibility index (Phi) is 15.9. The normalized spacial score (nSPS) is 26.4. The number of piperazine rings is 2. The van der Waals surface area contributed by atoms with Crippen molar-refractivity contribution in [3.8, 4) is 0 Å². The molecule has 4 aliphatic heterocycles. The minimum Gasteiger partial charge on any atom is -0.413 e. The number of hydrogen-bond donors (Lipinski definition) is 1. The van der Waals surface area contributed by atoms with Gasteiger partial charge in [0, 0.05) is 90.0 Å². The maximum atomic E-state index is 10.6. The third-order valence-corrected chi connectivity index (χ3v) is 20.6. The van der Waals surface area contributed by atoms with Gasteiger partial charge in [0.25, 0.3) is 0 Å². The lowest BCUT2D eigenvalue weighted by atomic mass is 9.90. The van der Waals surface area contributed by atoms with Crippen molar-refractivity contribution >= 4 is 32.4 Å². The second-order valence-corrected chi connectivity index (χ2v) is 26.7. The van der Waals surface area contributed by atoms with Crippen molar-refractivity contribution in [2.75, 3.05) is 89.3 Å². The highest BCUT2D eigenvalue weighted by Crippen LogP contribution is 2.47. The Balaban J connectivity index is 0.000000185. The van der Waals surface area contributed by atoms with Crippen molar-refractivity contribution in [3.05, 3.63) is 94.3 Å². The summed E-state index contributed by atoms with van der Waals surface area (Å²) in [6.45, 7) is 25.6. The Bertz CT molecular complexity index is 2320. The number of likely N-dealkylation sites (tertiary alicyclic amines) is 2. The molecule has 16 heteroatoms. The summed E-state index contributed by atoms with van der Waals surface area (Å²) < 4.78 is 7.03. The average molecular weight is 968 g/mol. The third kappa shape index (κ3) is 11.3. The second kappa shape index (κ2) is 21.4. The highest BCUT2D eigenvalue weighted by Gasteiger charge is 2.46. The first-order valence-electron chi connectivity index (χ1n) is 25.4. The first kappa shape index (κ1) is 50.7. The Morgan fingerprint density at radius 2 is 1.09 bits per heavy atom. The van der Waals surface area contributed by atoms with Crippen LogP contribution in [0.3, 0.4) is 0 Å². The van der Waals surface area contributed by atoms with Crippen molar-refractivity contribution in [2.24, 2.45) is 0 Å². The molecule has 8 heterocycles. The van der Waals surface area contributed by atoms with Crippen LogP contribution in [0.4, 0.5) is 11.6 Å². The van der Waals surface area contributed by atoms with E-state index < -0.39 is 8.32 Å². The summed E-state index contributed by atoms with van der Waals surface area (Å²) in [5, 5.41) is 10.8. The van der Waals surface area contributed by atoms with Crippen molar-refractivity contribution < 1.29 is 9.53 Å². The van der Waals surface area contributed by atoms with Crippen molar-refractivity contribution in [1.82, 2.24) is 49.5 Å². The summed E-state index contributed by atoms with van der Waals surface area (Å²) in [6.07, 6.45) is 12.3. The van der Waals surface area contributed by atoms with Gasteiger partial charge in [-0.05, 0) is 121 Å². The number of aliphatic hydroxyl groups is 1. The summed E-state index contributed by atoms with van der Waals surface area (Å²) in [6, 6.07) is 13.9. The van der Waals surface area contributed by atoms with Gasteiger partial charge in [-0.1, -0.05) is 32.9 Å². The van der Waals surface area contributed by atoms with Gasteiger partial charge in [-0.3, -0.25) is 19.8 Å². The highest BCUT2D eigenvalue weighted by molar-refractivity contribution is 6.74. The quantitative estimate of drug-likeness (QED) is 0.174. The van der Waals surface area contributed by atoms with Crippen LogP contribution in [-0.4, -0.2) is 155 Å². The zero-order chi connectivity index (χ0) is 47.0. The number of likely N-dealkylation sites (N-methyl/N-ethyl adjacent to an activating group) is 2. The largest absolute Gasteiger partial charge is 0.413 e. The molecule has 0 radical (unpaired) electrons. The van der Waals surface area contributed by atoms with Gasteiger partial charge in [-0.15, -0.1) is 12.4 Å². The van der Waals surface area contributed by atoms with Gasteiger partial charge in [-0.2, -0.15) is 0 Å². The molecule has 0 saturated carbocycles. The SMILES string of the molecule is Cc1nc([C@H]2C[C@@H](O)CN2[C@H]2CCCc3cccnc32)cc(N2CCN(C)CC2)n1.Cc1nc([C@H]2C[C@@H](O[Si](C)(C)C(C)(C)C)CN2[C@H]2CCCc3cccnc32)cc(N2CCN(C)CC2)n1.Cl. The average Bonchev–Trinajstić information content (AvgIpc) is 3.91. The molecule has 0 amide bonds. The lowest BCUT2D eigenvalue weighted by Crippen LogP contribution is -2.45. The van der Waals surface area contributed by atoms with E-state index in [2.05, 4.69) is 108 Å². The topological polar surface area (TPSA) is 126 Å². The molecule has 10 rings (SSSR count). The number of aryl methyl sites for hydroxylation is 4. The fourth-order valence-corrected chi connectivity index (χ4v) is 12.7. The molecule has 0 aromatic carbocycles. The molecule has 4 aromatic rings. The van der Waals surface area contributed by atoms with Gasteiger partial charge in [0.15, 0.2) is 8.32 Å². The predicted octanol–water partition coefficient (Wildman–Crippen LogP) is 7.69. The zero-order valence-corrected chi connectivity index (χ0v) is 44.3. The number of pyridine rings is 2. The Labute approximate surface area is 413 Å². The number of hydrogen-bond acceptors (Lipinski definition) is 14. The molecule has 2 aliphatic carbocycles. The van der Waals surface area contributed by atoms with Crippen LogP contribution in [0.1, 0.15) is 129 Å². The Hall–Kier alpha value is -3.67. The van der Waals surface area contributed by atoms with Crippen molar-refractivity contribution in [1.29, 1.82) is 0 Å². The summed E-state index contributed by atoms with van der Waals surface area (Å²) in [5.74, 6) is 3.77. The van der Waals surface area contributed by atoms with Crippen LogP contribution < -0.4 is 9.80 Å². The zero-order valence-electron chi connectivity index (χ0n) is 42.4. The number of anilines is 2. The second-order valence-electron chi connectivity index (χ2n) is 21.9. The van der Waals surface area contributed by atoms with Gasteiger partial charge in [0.05, 0.1) is 59.2 Å². The van der Waals surface area contributed by atoms with Crippen LogP contribution in [0.25, 0.3) is 0 Å². The Morgan fingerprint density at radius 3 is 1.56 bits per heavy atom. The van der Waals surface area contributed by atoms with Gasteiger partial charge >= 0.3 is 0 Å². The summed E-state index contributed by atoms with van der Waals surface area (Å²) >= 11 is 0. The monoisotopic (exact) mass is 967 g/mol. The van der Waals surface area contributed by atoms with Crippen LogP contribution in [-0.2, 0) is 17.3 Å². The molecule has 14 nitrogen and oxygen atoms in total. The molecule has 1 N–H and O–H groups in total. The molecular weight excluding hydrogens is 888 g/mol. The van der Waals surface area contributed by atoms with Crippen LogP contribution in [0, 0.1) is 13.8 Å².